The van der Waals surface area contributed by atoms with E-state index in [1.54, 1.807) is 11.8 Å². The molecule has 3 nitrogen and oxygen atoms in total. The average molecular weight is 246 g/mol. The monoisotopic (exact) mass is 246 g/mol. The van der Waals surface area contributed by atoms with Crippen LogP contribution in [0.1, 0.15) is 39.5 Å². The molecule has 0 heterocycles. The van der Waals surface area contributed by atoms with Crippen LogP contribution in [-0.2, 0) is 4.79 Å². The molecule has 1 aliphatic carbocycles. The summed E-state index contributed by atoms with van der Waals surface area (Å²) in [5.74, 6) is 1.50. The Morgan fingerprint density at radius 2 is 2.00 bits per heavy atom. The fourth-order valence-corrected chi connectivity index (χ4v) is 3.29. The molecule has 0 bridgehead atoms. The van der Waals surface area contributed by atoms with Crippen LogP contribution in [0.2, 0.25) is 0 Å². The Balaban J connectivity index is 2.29. The van der Waals surface area contributed by atoms with Gasteiger partial charge < -0.3 is 10.2 Å². The van der Waals surface area contributed by atoms with Gasteiger partial charge >= 0.3 is 5.97 Å². The van der Waals surface area contributed by atoms with Crippen LogP contribution in [0.15, 0.2) is 0 Å². The molecular weight excluding hydrogens is 224 g/mol. The van der Waals surface area contributed by atoms with Crippen LogP contribution in [-0.4, -0.2) is 33.3 Å². The summed E-state index contributed by atoms with van der Waals surface area (Å²) in [6, 6.07) is 0. The van der Waals surface area contributed by atoms with Gasteiger partial charge in [-0.1, -0.05) is 13.8 Å². The van der Waals surface area contributed by atoms with Crippen molar-refractivity contribution in [3.05, 3.63) is 0 Å². The fourth-order valence-electron chi connectivity index (χ4n) is 2.03. The Bertz CT molecular complexity index is 232. The van der Waals surface area contributed by atoms with Gasteiger partial charge in [0.1, 0.15) is 0 Å². The molecule has 0 saturated heterocycles. The molecule has 1 aliphatic rings. The molecular formula is C12H22O3S. The molecule has 0 amide bonds. The van der Waals surface area contributed by atoms with Crippen molar-refractivity contribution in [3.63, 3.8) is 0 Å². The molecule has 0 aromatic rings. The lowest BCUT2D eigenvalue weighted by atomic mass is 9.80. The van der Waals surface area contributed by atoms with Gasteiger partial charge in [-0.3, -0.25) is 4.79 Å². The Labute approximate surface area is 102 Å². The smallest absolute Gasteiger partial charge is 0.306 e. The van der Waals surface area contributed by atoms with Crippen LogP contribution in [0, 0.1) is 11.8 Å². The molecule has 0 aromatic heterocycles. The van der Waals surface area contributed by atoms with Gasteiger partial charge in [0.25, 0.3) is 0 Å². The second-order valence-corrected chi connectivity index (χ2v) is 6.28. The van der Waals surface area contributed by atoms with Crippen molar-refractivity contribution >= 4 is 17.7 Å². The fraction of sp³-hybridized carbons (Fsp3) is 0.917. The van der Waals surface area contributed by atoms with E-state index in [9.17, 15) is 9.90 Å². The Morgan fingerprint density at radius 3 is 2.44 bits per heavy atom. The third-order valence-corrected chi connectivity index (χ3v) is 4.73. The molecule has 1 rings (SSSR count). The number of aliphatic carboxylic acids is 1. The minimum absolute atomic E-state index is 0.240. The Kier molecular flexibility index (Phi) is 5.12. The van der Waals surface area contributed by atoms with Gasteiger partial charge in [0.2, 0.25) is 0 Å². The summed E-state index contributed by atoms with van der Waals surface area (Å²) in [5.41, 5.74) is -0.620. The molecule has 4 heteroatoms. The van der Waals surface area contributed by atoms with E-state index in [1.165, 1.54) is 0 Å². The molecule has 1 saturated carbocycles. The zero-order valence-electron chi connectivity index (χ0n) is 10.1. The molecule has 16 heavy (non-hydrogen) atoms. The van der Waals surface area contributed by atoms with Crippen molar-refractivity contribution in [1.29, 1.82) is 0 Å². The predicted octanol–water partition coefficient (Wildman–Crippen LogP) is 2.38. The molecule has 0 spiro atoms. The van der Waals surface area contributed by atoms with Crippen LogP contribution in [0.4, 0.5) is 0 Å². The lowest BCUT2D eigenvalue weighted by molar-refractivity contribution is -0.144. The van der Waals surface area contributed by atoms with Gasteiger partial charge in [0.15, 0.2) is 0 Å². The molecule has 94 valence electrons. The number of thioether (sulfide) groups is 1. The van der Waals surface area contributed by atoms with Crippen molar-refractivity contribution < 1.29 is 15.0 Å². The van der Waals surface area contributed by atoms with Gasteiger partial charge in [-0.05, 0) is 37.4 Å². The van der Waals surface area contributed by atoms with Crippen LogP contribution in [0.3, 0.4) is 0 Å². The van der Waals surface area contributed by atoms with Crippen molar-refractivity contribution in [3.8, 4) is 0 Å². The summed E-state index contributed by atoms with van der Waals surface area (Å²) in [6.45, 7) is 4.33. The summed E-state index contributed by atoms with van der Waals surface area (Å²) in [4.78, 5) is 10.8. The molecule has 1 fully saturated rings. The van der Waals surface area contributed by atoms with Crippen LogP contribution >= 0.6 is 11.8 Å². The maximum absolute atomic E-state index is 10.8. The largest absolute Gasteiger partial charge is 0.481 e. The summed E-state index contributed by atoms with van der Waals surface area (Å²) in [5, 5.41) is 19.1. The molecule has 0 unspecified atom stereocenters. The van der Waals surface area contributed by atoms with Crippen LogP contribution in [0.5, 0.6) is 0 Å². The van der Waals surface area contributed by atoms with Gasteiger partial charge in [0.05, 0.1) is 11.5 Å². The van der Waals surface area contributed by atoms with Gasteiger partial charge in [-0.2, -0.15) is 11.8 Å². The number of hydrogen-bond donors (Lipinski definition) is 2. The minimum Gasteiger partial charge on any atom is -0.481 e. The van der Waals surface area contributed by atoms with E-state index in [4.69, 9.17) is 5.11 Å². The molecule has 0 aromatic carbocycles. The zero-order valence-corrected chi connectivity index (χ0v) is 10.9. The number of carboxylic acid groups (broad SMARTS) is 1. The maximum atomic E-state index is 10.8. The van der Waals surface area contributed by atoms with E-state index >= 15 is 0 Å². The third kappa shape index (κ3) is 4.34. The van der Waals surface area contributed by atoms with Crippen molar-refractivity contribution in [2.75, 3.05) is 11.5 Å². The maximum Gasteiger partial charge on any atom is 0.306 e. The Hall–Kier alpha value is -0.220. The molecule has 0 atom stereocenters. The van der Waals surface area contributed by atoms with E-state index in [1.807, 2.05) is 0 Å². The summed E-state index contributed by atoms with van der Waals surface area (Å²) in [7, 11) is 0. The van der Waals surface area contributed by atoms with E-state index in [2.05, 4.69) is 13.8 Å². The second-order valence-electron chi connectivity index (χ2n) is 5.25. The van der Waals surface area contributed by atoms with Crippen LogP contribution in [0.25, 0.3) is 0 Å². The lowest BCUT2D eigenvalue weighted by Gasteiger charge is -2.34. The number of hydrogen-bond acceptors (Lipinski definition) is 3. The minimum atomic E-state index is -0.711. The lowest BCUT2D eigenvalue weighted by Crippen LogP contribution is -2.38. The SMILES string of the molecule is CC(C)CSCC1(O)CCC(C(=O)O)CC1. The van der Waals surface area contributed by atoms with E-state index in [0.717, 1.165) is 11.5 Å². The van der Waals surface area contributed by atoms with Crippen LogP contribution < -0.4 is 0 Å². The van der Waals surface area contributed by atoms with Gasteiger partial charge in [-0.25, -0.2) is 0 Å². The first kappa shape index (κ1) is 13.8. The topological polar surface area (TPSA) is 57.5 Å². The standard InChI is InChI=1S/C12H22O3S/c1-9(2)7-16-8-12(15)5-3-10(4-6-12)11(13)14/h9-10,15H,3-8H2,1-2H3,(H,13,14). The number of carbonyl (C=O) groups is 1. The molecule has 0 radical (unpaired) electrons. The summed E-state index contributed by atoms with van der Waals surface area (Å²) < 4.78 is 0. The van der Waals surface area contributed by atoms with Crippen molar-refractivity contribution in [2.45, 2.75) is 45.1 Å². The molecule has 2 N–H and O–H groups in total. The summed E-state index contributed by atoms with van der Waals surface area (Å²) >= 11 is 1.78. The summed E-state index contributed by atoms with van der Waals surface area (Å²) in [6.07, 6.45) is 2.51. The van der Waals surface area contributed by atoms with E-state index < -0.39 is 11.6 Å². The number of carboxylic acids is 1. The first-order chi connectivity index (χ1) is 7.43. The number of aliphatic hydroxyl groups is 1. The highest BCUT2D eigenvalue weighted by molar-refractivity contribution is 7.99. The average Bonchev–Trinajstić information content (AvgIpc) is 2.17. The normalized spacial score (nSPS) is 30.6. The van der Waals surface area contributed by atoms with Crippen molar-refractivity contribution in [1.82, 2.24) is 0 Å². The van der Waals surface area contributed by atoms with E-state index in [0.29, 0.717) is 31.6 Å². The number of rotatable bonds is 5. The molecule has 0 aliphatic heterocycles. The Morgan fingerprint density at radius 1 is 1.44 bits per heavy atom. The highest BCUT2D eigenvalue weighted by Crippen LogP contribution is 2.34. The van der Waals surface area contributed by atoms with E-state index in [-0.39, 0.29) is 5.92 Å². The van der Waals surface area contributed by atoms with Gasteiger partial charge in [-0.15, -0.1) is 0 Å². The van der Waals surface area contributed by atoms with Gasteiger partial charge in [0, 0.05) is 5.75 Å². The second kappa shape index (κ2) is 5.92. The first-order valence-electron chi connectivity index (χ1n) is 5.96. The van der Waals surface area contributed by atoms with Crippen molar-refractivity contribution in [2.24, 2.45) is 11.8 Å². The first-order valence-corrected chi connectivity index (χ1v) is 7.11. The highest BCUT2D eigenvalue weighted by Gasteiger charge is 2.35. The zero-order chi connectivity index (χ0) is 12.2. The quantitative estimate of drug-likeness (QED) is 0.782. The highest BCUT2D eigenvalue weighted by atomic mass is 32.2. The predicted molar refractivity (Wildman–Crippen MR) is 66.7 cm³/mol. The third-order valence-electron chi connectivity index (χ3n) is 3.09.